The first-order valence-corrected chi connectivity index (χ1v) is 7.09. The molecular formula is C13H22ClN3O2. The second-order valence-corrected chi connectivity index (χ2v) is 4.92. The SMILES string of the molecule is CCc1nn(CC)c(CC(CCCN)C(=O)O)c1Cl. The van der Waals surface area contributed by atoms with E-state index in [-0.39, 0.29) is 0 Å². The summed E-state index contributed by atoms with van der Waals surface area (Å²) >= 11 is 6.29. The van der Waals surface area contributed by atoms with Gasteiger partial charge in [-0.1, -0.05) is 18.5 Å². The topological polar surface area (TPSA) is 81.1 Å². The number of carbonyl (C=O) groups is 1. The van der Waals surface area contributed by atoms with E-state index in [1.807, 2.05) is 13.8 Å². The zero-order chi connectivity index (χ0) is 14.4. The van der Waals surface area contributed by atoms with Crippen LogP contribution in [0.25, 0.3) is 0 Å². The Bertz CT molecular complexity index is 432. The summed E-state index contributed by atoms with van der Waals surface area (Å²) in [6.45, 7) is 5.16. The third-order valence-electron chi connectivity index (χ3n) is 3.24. The molecule has 1 unspecified atom stereocenters. The molecule has 19 heavy (non-hydrogen) atoms. The molecule has 3 N–H and O–H groups in total. The summed E-state index contributed by atoms with van der Waals surface area (Å²) in [7, 11) is 0. The summed E-state index contributed by atoms with van der Waals surface area (Å²) in [6.07, 6.45) is 2.43. The number of rotatable bonds is 8. The lowest BCUT2D eigenvalue weighted by atomic mass is 9.97. The molecule has 1 aromatic rings. The maximum Gasteiger partial charge on any atom is 0.306 e. The molecule has 0 amide bonds. The summed E-state index contributed by atoms with van der Waals surface area (Å²) in [4.78, 5) is 11.3. The maximum absolute atomic E-state index is 11.3. The lowest BCUT2D eigenvalue weighted by Crippen LogP contribution is -2.20. The van der Waals surface area contributed by atoms with Gasteiger partial charge in [0.1, 0.15) is 0 Å². The normalized spacial score (nSPS) is 12.6. The van der Waals surface area contributed by atoms with Crippen LogP contribution in [0.1, 0.15) is 38.1 Å². The lowest BCUT2D eigenvalue weighted by Gasteiger charge is -2.13. The summed E-state index contributed by atoms with van der Waals surface area (Å²) in [5.41, 5.74) is 7.10. The number of hydrogen-bond acceptors (Lipinski definition) is 3. The number of nitrogens with zero attached hydrogens (tertiary/aromatic N) is 2. The van der Waals surface area contributed by atoms with Crippen molar-refractivity contribution < 1.29 is 9.90 Å². The summed E-state index contributed by atoms with van der Waals surface area (Å²) in [6, 6.07) is 0. The van der Waals surface area contributed by atoms with Gasteiger partial charge in [0, 0.05) is 13.0 Å². The average molecular weight is 288 g/mol. The zero-order valence-corrected chi connectivity index (χ0v) is 12.3. The number of carboxylic acid groups (broad SMARTS) is 1. The number of nitrogens with two attached hydrogens (primary N) is 1. The fraction of sp³-hybridized carbons (Fsp3) is 0.692. The van der Waals surface area contributed by atoms with Crippen molar-refractivity contribution in [3.8, 4) is 0 Å². The number of halogens is 1. The van der Waals surface area contributed by atoms with E-state index >= 15 is 0 Å². The van der Waals surface area contributed by atoms with Crippen molar-refractivity contribution in [2.24, 2.45) is 11.7 Å². The van der Waals surface area contributed by atoms with Gasteiger partial charge in [0.05, 0.1) is 22.3 Å². The number of aliphatic carboxylic acids is 1. The van der Waals surface area contributed by atoms with Gasteiger partial charge in [-0.15, -0.1) is 0 Å². The fourth-order valence-electron chi connectivity index (χ4n) is 2.12. The Balaban J connectivity index is 2.94. The molecular weight excluding hydrogens is 266 g/mol. The van der Waals surface area contributed by atoms with Crippen LogP contribution in [-0.2, 0) is 24.2 Å². The molecule has 0 saturated carbocycles. The van der Waals surface area contributed by atoms with Gasteiger partial charge in [0.15, 0.2) is 0 Å². The van der Waals surface area contributed by atoms with Crippen LogP contribution >= 0.6 is 11.6 Å². The molecule has 0 saturated heterocycles. The zero-order valence-electron chi connectivity index (χ0n) is 11.5. The smallest absolute Gasteiger partial charge is 0.306 e. The van der Waals surface area contributed by atoms with Crippen LogP contribution in [0, 0.1) is 5.92 Å². The Kier molecular flexibility index (Phi) is 6.31. The van der Waals surface area contributed by atoms with Crippen LogP contribution < -0.4 is 5.73 Å². The molecule has 0 fully saturated rings. The number of aryl methyl sites for hydroxylation is 2. The van der Waals surface area contributed by atoms with Crippen molar-refractivity contribution in [1.82, 2.24) is 9.78 Å². The van der Waals surface area contributed by atoms with Gasteiger partial charge in [-0.3, -0.25) is 9.48 Å². The largest absolute Gasteiger partial charge is 0.481 e. The van der Waals surface area contributed by atoms with Crippen LogP contribution in [0.4, 0.5) is 0 Å². The molecule has 0 radical (unpaired) electrons. The van der Waals surface area contributed by atoms with E-state index in [4.69, 9.17) is 17.3 Å². The first-order chi connectivity index (χ1) is 9.04. The van der Waals surface area contributed by atoms with Crippen LogP contribution in [0.3, 0.4) is 0 Å². The molecule has 1 rings (SSSR count). The fourth-order valence-corrected chi connectivity index (χ4v) is 2.47. The van der Waals surface area contributed by atoms with E-state index in [2.05, 4.69) is 5.10 Å². The second-order valence-electron chi connectivity index (χ2n) is 4.55. The lowest BCUT2D eigenvalue weighted by molar-refractivity contribution is -0.142. The second kappa shape index (κ2) is 7.50. The summed E-state index contributed by atoms with van der Waals surface area (Å²) in [5, 5.41) is 14.3. The van der Waals surface area contributed by atoms with Gasteiger partial charge in [0.2, 0.25) is 0 Å². The molecule has 0 aliphatic rings. The monoisotopic (exact) mass is 287 g/mol. The highest BCUT2D eigenvalue weighted by Gasteiger charge is 2.23. The summed E-state index contributed by atoms with van der Waals surface area (Å²) in [5.74, 6) is -1.25. The van der Waals surface area contributed by atoms with Crippen LogP contribution in [0.2, 0.25) is 5.02 Å². The van der Waals surface area contributed by atoms with Crippen molar-refractivity contribution >= 4 is 17.6 Å². The van der Waals surface area contributed by atoms with Crippen LogP contribution in [0.5, 0.6) is 0 Å². The van der Waals surface area contributed by atoms with Gasteiger partial charge in [-0.2, -0.15) is 5.10 Å². The van der Waals surface area contributed by atoms with E-state index < -0.39 is 11.9 Å². The third kappa shape index (κ3) is 3.94. The third-order valence-corrected chi connectivity index (χ3v) is 3.68. The Hall–Kier alpha value is -1.07. The highest BCUT2D eigenvalue weighted by atomic mass is 35.5. The molecule has 6 heteroatoms. The van der Waals surface area contributed by atoms with Crippen molar-refractivity contribution in [3.63, 3.8) is 0 Å². The molecule has 1 aromatic heterocycles. The first-order valence-electron chi connectivity index (χ1n) is 6.71. The predicted octanol–water partition coefficient (Wildman–Crippen LogP) is 2.10. The number of carboxylic acids is 1. The molecule has 0 aromatic carbocycles. The minimum absolute atomic E-state index is 0.412. The molecule has 0 aliphatic heterocycles. The highest BCUT2D eigenvalue weighted by Crippen LogP contribution is 2.25. The highest BCUT2D eigenvalue weighted by molar-refractivity contribution is 6.31. The number of aromatic nitrogens is 2. The van der Waals surface area contributed by atoms with E-state index in [1.54, 1.807) is 4.68 Å². The van der Waals surface area contributed by atoms with Gasteiger partial charge in [0.25, 0.3) is 0 Å². The Morgan fingerprint density at radius 3 is 2.68 bits per heavy atom. The minimum atomic E-state index is -0.800. The van der Waals surface area contributed by atoms with Gasteiger partial charge < -0.3 is 10.8 Å². The molecule has 1 heterocycles. The van der Waals surface area contributed by atoms with Gasteiger partial charge >= 0.3 is 5.97 Å². The molecule has 5 nitrogen and oxygen atoms in total. The predicted molar refractivity (Wildman–Crippen MR) is 75.4 cm³/mol. The molecule has 0 spiro atoms. The Labute approximate surface area is 118 Å². The molecule has 108 valence electrons. The van der Waals surface area contributed by atoms with Crippen LogP contribution in [-0.4, -0.2) is 27.4 Å². The Morgan fingerprint density at radius 1 is 1.53 bits per heavy atom. The van der Waals surface area contributed by atoms with Crippen molar-refractivity contribution in [2.75, 3.05) is 6.54 Å². The van der Waals surface area contributed by atoms with Crippen LogP contribution in [0.15, 0.2) is 0 Å². The minimum Gasteiger partial charge on any atom is -0.481 e. The Morgan fingerprint density at radius 2 is 2.21 bits per heavy atom. The summed E-state index contributed by atoms with van der Waals surface area (Å²) < 4.78 is 1.81. The van der Waals surface area contributed by atoms with E-state index in [0.717, 1.165) is 17.8 Å². The maximum atomic E-state index is 11.3. The molecule has 0 bridgehead atoms. The van der Waals surface area contributed by atoms with E-state index in [1.165, 1.54) is 0 Å². The van der Waals surface area contributed by atoms with E-state index in [0.29, 0.717) is 37.4 Å². The molecule has 0 aliphatic carbocycles. The standard InChI is InChI=1S/C13H22ClN3O2/c1-3-10-12(14)11(17(4-2)16-10)8-9(13(18)19)6-5-7-15/h9H,3-8,15H2,1-2H3,(H,18,19). The van der Waals surface area contributed by atoms with Gasteiger partial charge in [-0.25, -0.2) is 0 Å². The quantitative estimate of drug-likeness (QED) is 0.767. The van der Waals surface area contributed by atoms with Crippen molar-refractivity contribution in [1.29, 1.82) is 0 Å². The van der Waals surface area contributed by atoms with Crippen molar-refractivity contribution in [3.05, 3.63) is 16.4 Å². The first kappa shape index (κ1) is 16.0. The van der Waals surface area contributed by atoms with Gasteiger partial charge in [-0.05, 0) is 32.7 Å². The number of hydrogen-bond donors (Lipinski definition) is 2. The van der Waals surface area contributed by atoms with Crippen molar-refractivity contribution in [2.45, 2.75) is 46.1 Å². The molecule has 1 atom stereocenters. The average Bonchev–Trinajstić information content (AvgIpc) is 2.70. The van der Waals surface area contributed by atoms with E-state index in [9.17, 15) is 9.90 Å².